The molecule has 0 radical (unpaired) electrons. The van der Waals surface area contributed by atoms with E-state index in [1.807, 2.05) is 51.1 Å². The normalized spacial score (nSPS) is 15.9. The molecule has 1 saturated heterocycles. The third kappa shape index (κ3) is 4.60. The Hall–Kier alpha value is -3.68. The molecule has 1 unspecified atom stereocenters. The van der Waals surface area contributed by atoms with Crippen LogP contribution in [0.5, 0.6) is 5.75 Å². The number of H-pyrrole nitrogens is 1. The van der Waals surface area contributed by atoms with Crippen molar-refractivity contribution in [3.8, 4) is 5.75 Å². The van der Waals surface area contributed by atoms with Gasteiger partial charge in [0.1, 0.15) is 11.6 Å². The van der Waals surface area contributed by atoms with E-state index in [1.54, 1.807) is 28.0 Å². The van der Waals surface area contributed by atoms with Gasteiger partial charge in [0.15, 0.2) is 0 Å². The molecule has 1 aliphatic rings. The average molecular weight is 449 g/mol. The highest BCUT2D eigenvalue weighted by molar-refractivity contribution is 6.01. The Balaban J connectivity index is 1.56. The summed E-state index contributed by atoms with van der Waals surface area (Å²) in [5.74, 6) is 0.317. The van der Waals surface area contributed by atoms with Gasteiger partial charge in [-0.25, -0.2) is 4.98 Å². The largest absolute Gasteiger partial charge is 0.492 e. The van der Waals surface area contributed by atoms with E-state index in [0.717, 1.165) is 0 Å². The molecule has 1 aliphatic heterocycles. The molecule has 172 valence electrons. The summed E-state index contributed by atoms with van der Waals surface area (Å²) in [5.41, 5.74) is 1.03. The molecule has 1 aromatic heterocycles. The Bertz CT molecular complexity index is 1240. The fourth-order valence-corrected chi connectivity index (χ4v) is 4.18. The molecule has 8 heteroatoms. The van der Waals surface area contributed by atoms with Crippen LogP contribution < -0.4 is 15.2 Å². The molecular formula is C25H28N4O4. The number of nitrogens with zero attached hydrogens (tertiary/aromatic N) is 3. The van der Waals surface area contributed by atoms with E-state index in [9.17, 15) is 14.4 Å². The van der Waals surface area contributed by atoms with Crippen LogP contribution >= 0.6 is 0 Å². The summed E-state index contributed by atoms with van der Waals surface area (Å²) < 4.78 is 5.67. The van der Waals surface area contributed by atoms with Crippen LogP contribution in [0.25, 0.3) is 10.9 Å². The number of hydrogen-bond donors (Lipinski definition) is 1. The number of aromatic nitrogens is 2. The highest BCUT2D eigenvalue weighted by Crippen LogP contribution is 2.34. The average Bonchev–Trinajstić information content (AvgIpc) is 3.19. The summed E-state index contributed by atoms with van der Waals surface area (Å²) in [6.45, 7) is 6.65. The van der Waals surface area contributed by atoms with Crippen LogP contribution in [0.3, 0.4) is 0 Å². The fraction of sp³-hybridized carbons (Fsp3) is 0.360. The lowest BCUT2D eigenvalue weighted by Gasteiger charge is -2.29. The first kappa shape index (κ1) is 22.5. The Kier molecular flexibility index (Phi) is 6.44. The number of amides is 2. The number of nitrogens with one attached hydrogen (secondary N) is 1. The van der Waals surface area contributed by atoms with Crippen molar-refractivity contribution in [3.63, 3.8) is 0 Å². The smallest absolute Gasteiger partial charge is 0.258 e. The summed E-state index contributed by atoms with van der Waals surface area (Å²) >= 11 is 0. The summed E-state index contributed by atoms with van der Waals surface area (Å²) in [7, 11) is 0. The molecule has 33 heavy (non-hydrogen) atoms. The Labute approximate surface area is 192 Å². The Morgan fingerprint density at radius 2 is 1.91 bits per heavy atom. The third-order valence-electron chi connectivity index (χ3n) is 5.82. The molecule has 1 fully saturated rings. The number of carbonyl (C=O) groups is 2. The van der Waals surface area contributed by atoms with Crippen molar-refractivity contribution in [2.24, 2.45) is 5.92 Å². The minimum Gasteiger partial charge on any atom is -0.492 e. The molecule has 0 spiro atoms. The second-order valence-electron chi connectivity index (χ2n) is 8.40. The van der Waals surface area contributed by atoms with E-state index >= 15 is 0 Å². The maximum atomic E-state index is 13.5. The first-order chi connectivity index (χ1) is 15.9. The molecule has 2 aromatic carbocycles. The predicted octanol–water partition coefficient (Wildman–Crippen LogP) is 3.11. The number of aromatic amines is 1. The van der Waals surface area contributed by atoms with E-state index < -0.39 is 5.92 Å². The number of hydrogen-bond acceptors (Lipinski definition) is 5. The summed E-state index contributed by atoms with van der Waals surface area (Å²) in [6.07, 6.45) is 0.129. The lowest BCUT2D eigenvalue weighted by atomic mass is 10.1. The van der Waals surface area contributed by atoms with Gasteiger partial charge in [-0.2, -0.15) is 0 Å². The van der Waals surface area contributed by atoms with Crippen LogP contribution in [0.4, 0.5) is 5.69 Å². The van der Waals surface area contributed by atoms with Crippen LogP contribution in [0, 0.1) is 5.92 Å². The molecule has 0 saturated carbocycles. The highest BCUT2D eigenvalue weighted by atomic mass is 16.5. The van der Waals surface area contributed by atoms with Crippen molar-refractivity contribution in [1.29, 1.82) is 0 Å². The number of anilines is 1. The van der Waals surface area contributed by atoms with Crippen molar-refractivity contribution in [2.75, 3.05) is 18.1 Å². The number of fused-ring (bicyclic) bond motifs is 1. The SMILES string of the molecule is CCOc1ccccc1N1CC(C(=O)N(Cc2nc3ccccc3c(=O)[nH]2)C(C)C)CC1=O. The highest BCUT2D eigenvalue weighted by Gasteiger charge is 2.39. The molecule has 1 atom stereocenters. The number of rotatable bonds is 7. The van der Waals surface area contributed by atoms with Crippen LogP contribution in [0.2, 0.25) is 0 Å². The van der Waals surface area contributed by atoms with E-state index in [4.69, 9.17) is 4.74 Å². The standard InChI is InChI=1S/C25H28N4O4/c1-4-33-21-12-8-7-11-20(21)29-14-17(13-23(29)30)25(32)28(16(2)3)15-22-26-19-10-6-5-9-18(19)24(31)27-22/h5-12,16-17H,4,13-15H2,1-3H3,(H,26,27,31). The quantitative estimate of drug-likeness (QED) is 0.599. The lowest BCUT2D eigenvalue weighted by molar-refractivity contribution is -0.138. The van der Waals surface area contributed by atoms with Crippen molar-refractivity contribution in [1.82, 2.24) is 14.9 Å². The summed E-state index contributed by atoms with van der Waals surface area (Å²) in [5, 5.41) is 0.508. The van der Waals surface area contributed by atoms with Gasteiger partial charge in [0.2, 0.25) is 11.8 Å². The molecule has 8 nitrogen and oxygen atoms in total. The summed E-state index contributed by atoms with van der Waals surface area (Å²) in [6, 6.07) is 14.3. The van der Waals surface area contributed by atoms with Gasteiger partial charge < -0.3 is 19.5 Å². The third-order valence-corrected chi connectivity index (χ3v) is 5.82. The second-order valence-corrected chi connectivity index (χ2v) is 8.40. The van der Waals surface area contributed by atoms with Gasteiger partial charge in [-0.1, -0.05) is 24.3 Å². The maximum Gasteiger partial charge on any atom is 0.258 e. The van der Waals surface area contributed by atoms with E-state index in [0.29, 0.717) is 34.8 Å². The molecule has 0 aliphatic carbocycles. The predicted molar refractivity (Wildman–Crippen MR) is 126 cm³/mol. The lowest BCUT2D eigenvalue weighted by Crippen LogP contribution is -2.42. The van der Waals surface area contributed by atoms with Crippen LogP contribution in [-0.2, 0) is 16.1 Å². The van der Waals surface area contributed by atoms with Crippen molar-refractivity contribution in [3.05, 3.63) is 64.7 Å². The fourth-order valence-electron chi connectivity index (χ4n) is 4.18. The van der Waals surface area contributed by atoms with Gasteiger partial charge >= 0.3 is 0 Å². The topological polar surface area (TPSA) is 95.6 Å². The zero-order valence-electron chi connectivity index (χ0n) is 19.1. The minimum absolute atomic E-state index is 0.110. The van der Waals surface area contributed by atoms with Crippen molar-refractivity contribution >= 4 is 28.4 Å². The van der Waals surface area contributed by atoms with E-state index in [1.165, 1.54) is 0 Å². The van der Waals surface area contributed by atoms with Gasteiger partial charge in [0.05, 0.1) is 35.7 Å². The summed E-state index contributed by atoms with van der Waals surface area (Å²) in [4.78, 5) is 49.4. The van der Waals surface area contributed by atoms with E-state index in [-0.39, 0.29) is 42.9 Å². The molecule has 0 bridgehead atoms. The molecule has 2 heterocycles. The minimum atomic E-state index is -0.484. The van der Waals surface area contributed by atoms with Crippen molar-refractivity contribution in [2.45, 2.75) is 39.8 Å². The Morgan fingerprint density at radius 3 is 2.67 bits per heavy atom. The van der Waals surface area contributed by atoms with Crippen molar-refractivity contribution < 1.29 is 14.3 Å². The number of ether oxygens (including phenoxy) is 1. The van der Waals surface area contributed by atoms with Gasteiger partial charge in [-0.15, -0.1) is 0 Å². The van der Waals surface area contributed by atoms with Crippen LogP contribution in [0.15, 0.2) is 53.3 Å². The first-order valence-corrected chi connectivity index (χ1v) is 11.2. The van der Waals surface area contributed by atoms with Crippen LogP contribution in [0.1, 0.15) is 33.0 Å². The van der Waals surface area contributed by atoms with Gasteiger partial charge in [-0.3, -0.25) is 14.4 Å². The number of carbonyl (C=O) groups excluding carboxylic acids is 2. The first-order valence-electron chi connectivity index (χ1n) is 11.2. The maximum absolute atomic E-state index is 13.5. The van der Waals surface area contributed by atoms with Gasteiger partial charge in [-0.05, 0) is 45.0 Å². The molecule has 3 aromatic rings. The second kappa shape index (κ2) is 9.44. The zero-order valence-corrected chi connectivity index (χ0v) is 19.1. The van der Waals surface area contributed by atoms with Gasteiger partial charge in [0, 0.05) is 19.0 Å². The van der Waals surface area contributed by atoms with E-state index in [2.05, 4.69) is 9.97 Å². The molecule has 1 N–H and O–H groups in total. The molecule has 2 amide bonds. The molecule has 4 rings (SSSR count). The number of para-hydroxylation sites is 3. The zero-order chi connectivity index (χ0) is 23.5. The Morgan fingerprint density at radius 1 is 1.18 bits per heavy atom. The molecular weight excluding hydrogens is 420 g/mol. The van der Waals surface area contributed by atoms with Gasteiger partial charge in [0.25, 0.3) is 5.56 Å². The number of benzene rings is 2. The monoisotopic (exact) mass is 448 g/mol. The van der Waals surface area contributed by atoms with Crippen LogP contribution in [-0.4, -0.2) is 45.9 Å².